The lowest BCUT2D eigenvalue weighted by Gasteiger charge is -2.17. The highest BCUT2D eigenvalue weighted by Gasteiger charge is 2.42. The van der Waals surface area contributed by atoms with Gasteiger partial charge in [0.05, 0.1) is 0 Å². The lowest BCUT2D eigenvalue weighted by atomic mass is 9.99. The first-order valence-corrected chi connectivity index (χ1v) is 8.55. The van der Waals surface area contributed by atoms with Gasteiger partial charge >= 0.3 is 8.46 Å². The molecule has 0 aromatic rings. The molecule has 2 unspecified atom stereocenters. The number of aliphatic hydroxyl groups is 1. The fourth-order valence-corrected chi connectivity index (χ4v) is 3.43. The summed E-state index contributed by atoms with van der Waals surface area (Å²) in [6, 6.07) is 7.48. The number of nitrogens with one attached hydrogen (secondary N) is 1. The van der Waals surface area contributed by atoms with Crippen molar-refractivity contribution in [1.29, 1.82) is 0 Å². The molecule has 2 aliphatic rings. The molecule has 2 rings (SSSR count). The molecule has 0 saturated heterocycles. The molecule has 0 aromatic carbocycles. The third-order valence-corrected chi connectivity index (χ3v) is 5.62. The van der Waals surface area contributed by atoms with Gasteiger partial charge < -0.3 is 10.4 Å². The third kappa shape index (κ3) is 3.01. The fraction of sp³-hybridized carbons (Fsp3) is 0.389. The number of amides is 1. The second-order valence-electron chi connectivity index (χ2n) is 6.28. The molecule has 0 spiro atoms. The van der Waals surface area contributed by atoms with Gasteiger partial charge in [-0.15, -0.1) is 0 Å². The molecule has 23 heavy (non-hydrogen) atoms. The summed E-state index contributed by atoms with van der Waals surface area (Å²) in [5.41, 5.74) is 5.48. The molecular formula is C18H23NO3P+. The van der Waals surface area contributed by atoms with Crippen LogP contribution in [0.1, 0.15) is 37.5 Å². The molecule has 4 nitrogen and oxygen atoms in total. The number of hydrogen-bond donors (Lipinski definition) is 2. The van der Waals surface area contributed by atoms with E-state index in [1.807, 2.05) is 52.0 Å². The van der Waals surface area contributed by atoms with Gasteiger partial charge in [0.2, 0.25) is 5.91 Å². The number of hydrogen-bond acceptors (Lipinski definition) is 3. The van der Waals surface area contributed by atoms with Crippen molar-refractivity contribution < 1.29 is 14.5 Å². The highest BCUT2D eigenvalue weighted by atomic mass is 31.1. The monoisotopic (exact) mass is 332 g/mol. The predicted molar refractivity (Wildman–Crippen MR) is 94.6 cm³/mol. The van der Waals surface area contributed by atoms with E-state index >= 15 is 0 Å². The Morgan fingerprint density at radius 3 is 1.96 bits per heavy atom. The van der Waals surface area contributed by atoms with Gasteiger partial charge in [-0.2, -0.15) is 0 Å². The van der Waals surface area contributed by atoms with Crippen molar-refractivity contribution in [2.45, 2.75) is 40.0 Å². The molecule has 1 amide bonds. The van der Waals surface area contributed by atoms with Crippen LogP contribution in [-0.4, -0.2) is 11.0 Å². The minimum absolute atomic E-state index is 0.0988. The normalized spacial score (nSPS) is 14.2. The summed E-state index contributed by atoms with van der Waals surface area (Å²) in [6.45, 7) is 9.12. The fourth-order valence-electron chi connectivity index (χ4n) is 2.91. The van der Waals surface area contributed by atoms with Crippen molar-refractivity contribution in [2.24, 2.45) is 5.92 Å². The van der Waals surface area contributed by atoms with Crippen LogP contribution in [0.25, 0.3) is 11.1 Å². The second-order valence-corrected chi connectivity index (χ2v) is 7.25. The van der Waals surface area contributed by atoms with Crippen LogP contribution in [0.4, 0.5) is 5.69 Å². The average Bonchev–Trinajstić information content (AvgIpc) is 2.68. The maximum Gasteiger partial charge on any atom is 0.364 e. The zero-order valence-electron chi connectivity index (χ0n) is 14.2. The van der Waals surface area contributed by atoms with E-state index in [0.29, 0.717) is 5.56 Å². The Labute approximate surface area is 138 Å². The average molecular weight is 332 g/mol. The van der Waals surface area contributed by atoms with Crippen LogP contribution < -0.4 is 5.32 Å². The van der Waals surface area contributed by atoms with E-state index in [4.69, 9.17) is 0 Å². The van der Waals surface area contributed by atoms with E-state index in [1.54, 1.807) is 0 Å². The maximum atomic E-state index is 11.6. The second kappa shape index (κ2) is 6.38. The van der Waals surface area contributed by atoms with Gasteiger partial charge in [-0.05, 0) is 36.1 Å². The third-order valence-electron chi connectivity index (χ3n) is 4.44. The summed E-state index contributed by atoms with van der Waals surface area (Å²) in [7, 11) is -0.836. The summed E-state index contributed by atoms with van der Waals surface area (Å²) >= 11 is 0. The van der Waals surface area contributed by atoms with E-state index in [0.717, 1.165) is 27.9 Å². The Hall–Kier alpha value is -1.77. The SMILES string of the molecule is CC(=O)Nc1c(C)c2ccc(C(O)([PH+]=O)C(C)C)ccc-2c1C. The molecule has 2 N–H and O–H groups in total. The van der Waals surface area contributed by atoms with Crippen LogP contribution in [0.2, 0.25) is 0 Å². The van der Waals surface area contributed by atoms with Crippen molar-refractivity contribution in [3.8, 4) is 11.1 Å². The minimum atomic E-state index is -1.35. The number of carbonyl (C=O) groups is 1. The summed E-state index contributed by atoms with van der Waals surface area (Å²) in [4.78, 5) is 11.4. The van der Waals surface area contributed by atoms with Gasteiger partial charge in [0.1, 0.15) is 0 Å². The molecule has 0 heterocycles. The van der Waals surface area contributed by atoms with E-state index in [9.17, 15) is 14.5 Å². The molecule has 0 radical (unpaired) electrons. The number of fused-ring (bicyclic) bond motifs is 1. The Balaban J connectivity index is 2.65. The van der Waals surface area contributed by atoms with E-state index < -0.39 is 13.8 Å². The van der Waals surface area contributed by atoms with Crippen molar-refractivity contribution >= 4 is 20.1 Å². The van der Waals surface area contributed by atoms with Crippen LogP contribution in [0.5, 0.6) is 0 Å². The van der Waals surface area contributed by atoms with Crippen LogP contribution in [-0.2, 0) is 14.7 Å². The van der Waals surface area contributed by atoms with Gasteiger partial charge in [0.15, 0.2) is 0 Å². The topological polar surface area (TPSA) is 66.4 Å². The minimum Gasteiger partial charge on any atom is -0.345 e. The Morgan fingerprint density at radius 2 is 1.61 bits per heavy atom. The molecule has 5 heteroatoms. The van der Waals surface area contributed by atoms with Crippen molar-refractivity contribution in [3.05, 3.63) is 41.0 Å². The number of carbonyl (C=O) groups excluding carboxylic acids is 1. The first-order chi connectivity index (χ1) is 10.7. The molecule has 2 atom stereocenters. The lowest BCUT2D eigenvalue weighted by molar-refractivity contribution is -0.114. The standard InChI is InChI=1S/C18H22NO3P/c1-10(2)18(21,23-22)14-6-8-15-11(3)17(19-13(5)20)12(4)16(15)9-7-14/h6-10,21H,1-5H3,(H,19,20)/p+1. The Morgan fingerprint density at radius 1 is 1.13 bits per heavy atom. The molecule has 2 aliphatic carbocycles. The highest BCUT2D eigenvalue weighted by Crippen LogP contribution is 2.43. The van der Waals surface area contributed by atoms with Crippen molar-refractivity contribution in [2.75, 3.05) is 5.32 Å². The smallest absolute Gasteiger partial charge is 0.345 e. The molecule has 0 fully saturated rings. The summed E-state index contributed by atoms with van der Waals surface area (Å²) in [5.74, 6) is -0.259. The Bertz CT molecular complexity index is 702. The lowest BCUT2D eigenvalue weighted by Crippen LogP contribution is -2.24. The molecule has 0 aromatic heterocycles. The van der Waals surface area contributed by atoms with Gasteiger partial charge in [-0.25, -0.2) is 0 Å². The van der Waals surface area contributed by atoms with Crippen LogP contribution in [0.3, 0.4) is 0 Å². The van der Waals surface area contributed by atoms with Gasteiger partial charge in [0.25, 0.3) is 5.34 Å². The van der Waals surface area contributed by atoms with Crippen LogP contribution >= 0.6 is 8.46 Å². The number of anilines is 1. The molecular weight excluding hydrogens is 309 g/mol. The summed E-state index contributed by atoms with van der Waals surface area (Å²) in [5, 5.41) is 12.2. The van der Waals surface area contributed by atoms with E-state index in [1.165, 1.54) is 6.92 Å². The van der Waals surface area contributed by atoms with Crippen molar-refractivity contribution in [1.82, 2.24) is 0 Å². The molecule has 0 aliphatic heterocycles. The molecule has 0 saturated carbocycles. The number of rotatable bonds is 4. The first-order valence-electron chi connectivity index (χ1n) is 7.65. The zero-order chi connectivity index (χ0) is 17.4. The van der Waals surface area contributed by atoms with Crippen LogP contribution in [0.15, 0.2) is 24.3 Å². The largest absolute Gasteiger partial charge is 0.364 e. The molecule has 0 bridgehead atoms. The predicted octanol–water partition coefficient (Wildman–Crippen LogP) is 4.19. The van der Waals surface area contributed by atoms with Gasteiger partial charge in [-0.1, -0.05) is 42.7 Å². The van der Waals surface area contributed by atoms with Gasteiger partial charge in [-0.3, -0.25) is 4.79 Å². The van der Waals surface area contributed by atoms with Crippen LogP contribution in [0, 0.1) is 19.8 Å². The maximum absolute atomic E-state index is 11.6. The highest BCUT2D eigenvalue weighted by molar-refractivity contribution is 7.25. The zero-order valence-corrected chi connectivity index (χ0v) is 15.2. The Kier molecular flexibility index (Phi) is 4.88. The quantitative estimate of drug-likeness (QED) is 0.825. The molecule has 122 valence electrons. The summed E-state index contributed by atoms with van der Waals surface area (Å²) in [6.07, 6.45) is 0. The van der Waals surface area contributed by atoms with E-state index in [-0.39, 0.29) is 11.8 Å². The van der Waals surface area contributed by atoms with Crippen molar-refractivity contribution in [3.63, 3.8) is 0 Å². The first kappa shape index (κ1) is 17.6. The van der Waals surface area contributed by atoms with E-state index in [2.05, 4.69) is 5.32 Å². The summed E-state index contributed by atoms with van der Waals surface area (Å²) < 4.78 is 11.6. The van der Waals surface area contributed by atoms with Gasteiger partial charge in [0, 0.05) is 24.1 Å².